The van der Waals surface area contributed by atoms with E-state index in [0.29, 0.717) is 23.1 Å². The SMILES string of the molecule is COC(=O)c1sc(C#CC(C)(C)C)cc1N(C(=O)C1CCC(C)CC1)[C@H]1C[C@@H](OCc2ccccc2)C1. The number of rotatable bonds is 7. The third kappa shape index (κ3) is 7.03. The highest BCUT2D eigenvalue weighted by Crippen LogP contribution is 2.41. The molecule has 2 aromatic rings. The number of thiophene rings is 1. The quantitative estimate of drug-likeness (QED) is 0.296. The van der Waals surface area contributed by atoms with Crippen molar-refractivity contribution in [2.75, 3.05) is 12.0 Å². The lowest BCUT2D eigenvalue weighted by atomic mass is 9.80. The Labute approximate surface area is 225 Å². The fourth-order valence-electron chi connectivity index (χ4n) is 4.98. The average Bonchev–Trinajstić information content (AvgIpc) is 3.27. The second kappa shape index (κ2) is 11.8. The summed E-state index contributed by atoms with van der Waals surface area (Å²) in [6.45, 7) is 8.98. The van der Waals surface area contributed by atoms with Crippen molar-refractivity contribution in [3.63, 3.8) is 0 Å². The van der Waals surface area contributed by atoms with Crippen LogP contribution < -0.4 is 4.90 Å². The monoisotopic (exact) mass is 521 g/mol. The van der Waals surface area contributed by atoms with E-state index in [0.717, 1.165) is 49.0 Å². The Morgan fingerprint density at radius 3 is 2.38 bits per heavy atom. The van der Waals surface area contributed by atoms with E-state index in [1.54, 1.807) is 0 Å². The number of hydrogen-bond acceptors (Lipinski definition) is 5. The highest BCUT2D eigenvalue weighted by molar-refractivity contribution is 7.15. The van der Waals surface area contributed by atoms with E-state index >= 15 is 0 Å². The Morgan fingerprint density at radius 2 is 1.76 bits per heavy atom. The third-order valence-corrected chi connectivity index (χ3v) is 8.29. The van der Waals surface area contributed by atoms with Crippen molar-refractivity contribution in [2.45, 2.75) is 85.0 Å². The molecule has 0 bridgehead atoms. The molecule has 0 radical (unpaired) electrons. The fourth-order valence-corrected chi connectivity index (χ4v) is 5.90. The zero-order valence-electron chi connectivity index (χ0n) is 22.7. The lowest BCUT2D eigenvalue weighted by molar-refractivity contribution is -0.125. The first-order valence-electron chi connectivity index (χ1n) is 13.4. The van der Waals surface area contributed by atoms with Gasteiger partial charge in [-0.2, -0.15) is 0 Å². The Hall–Kier alpha value is -2.62. The third-order valence-electron chi connectivity index (χ3n) is 7.27. The van der Waals surface area contributed by atoms with E-state index in [1.165, 1.54) is 18.4 Å². The normalized spacial score (nSPS) is 23.4. The van der Waals surface area contributed by atoms with Crippen LogP contribution >= 0.6 is 11.3 Å². The lowest BCUT2D eigenvalue weighted by Gasteiger charge is -2.44. The van der Waals surface area contributed by atoms with Crippen molar-refractivity contribution in [3.8, 4) is 11.8 Å². The fraction of sp³-hybridized carbons (Fsp3) is 0.548. The highest BCUT2D eigenvalue weighted by atomic mass is 32.1. The van der Waals surface area contributed by atoms with Crippen LogP contribution in [0.3, 0.4) is 0 Å². The number of carbonyl (C=O) groups excluding carboxylic acids is 2. The zero-order valence-corrected chi connectivity index (χ0v) is 23.5. The first-order chi connectivity index (χ1) is 17.6. The van der Waals surface area contributed by atoms with E-state index in [1.807, 2.05) is 29.2 Å². The lowest BCUT2D eigenvalue weighted by Crippen LogP contribution is -2.53. The molecule has 1 aromatic carbocycles. The van der Waals surface area contributed by atoms with Gasteiger partial charge in [-0.25, -0.2) is 4.79 Å². The van der Waals surface area contributed by atoms with Crippen molar-refractivity contribution in [1.29, 1.82) is 0 Å². The molecule has 0 unspecified atom stereocenters. The standard InChI is InChI=1S/C31H39NO4S/c1-21-11-13-23(14-12-21)29(33)32(24-17-25(18-24)36-20-22-9-7-6-8-10-22)27-19-26(15-16-31(2,3)4)37-28(27)30(34)35-5/h6-10,19,21,23-25H,11-14,17-18,20H2,1-5H3/t21?,23?,24-,25+. The van der Waals surface area contributed by atoms with Crippen molar-refractivity contribution in [3.05, 3.63) is 51.7 Å². The van der Waals surface area contributed by atoms with E-state index in [9.17, 15) is 9.59 Å². The van der Waals surface area contributed by atoms with Gasteiger partial charge in [-0.05, 0) is 76.8 Å². The van der Waals surface area contributed by atoms with Crippen LogP contribution in [-0.2, 0) is 20.9 Å². The molecule has 2 saturated carbocycles. The minimum atomic E-state index is -0.421. The molecule has 4 rings (SSSR count). The van der Waals surface area contributed by atoms with Crippen molar-refractivity contribution in [1.82, 2.24) is 0 Å². The minimum Gasteiger partial charge on any atom is -0.465 e. The van der Waals surface area contributed by atoms with Gasteiger partial charge in [0.25, 0.3) is 0 Å². The van der Waals surface area contributed by atoms with Crippen LogP contribution in [0.25, 0.3) is 0 Å². The highest BCUT2D eigenvalue weighted by Gasteiger charge is 2.42. The van der Waals surface area contributed by atoms with Gasteiger partial charge >= 0.3 is 5.97 Å². The summed E-state index contributed by atoms with van der Waals surface area (Å²) in [6.07, 6.45) is 5.51. The molecule has 1 aromatic heterocycles. The second-order valence-electron chi connectivity index (χ2n) is 11.5. The van der Waals surface area contributed by atoms with Gasteiger partial charge in [0.15, 0.2) is 0 Å². The number of nitrogens with zero attached hydrogens (tertiary/aromatic N) is 1. The second-order valence-corrected chi connectivity index (χ2v) is 12.6. The van der Waals surface area contributed by atoms with Crippen molar-refractivity contribution >= 4 is 28.9 Å². The van der Waals surface area contributed by atoms with Gasteiger partial charge in [0.2, 0.25) is 5.91 Å². The number of ether oxygens (including phenoxy) is 2. The van der Waals surface area contributed by atoms with Crippen LogP contribution in [0, 0.1) is 29.1 Å². The Kier molecular flexibility index (Phi) is 8.77. The van der Waals surface area contributed by atoms with E-state index in [2.05, 4.69) is 51.7 Å². The van der Waals surface area contributed by atoms with Crippen molar-refractivity contribution < 1.29 is 19.1 Å². The van der Waals surface area contributed by atoms with Crippen LogP contribution in [0.15, 0.2) is 36.4 Å². The summed E-state index contributed by atoms with van der Waals surface area (Å²) in [5.74, 6) is 6.81. The average molecular weight is 522 g/mol. The summed E-state index contributed by atoms with van der Waals surface area (Å²) in [6, 6.07) is 12.1. The maximum atomic E-state index is 14.0. The Balaban J connectivity index is 1.59. The molecule has 2 fully saturated rings. The van der Waals surface area contributed by atoms with Gasteiger partial charge in [0.05, 0.1) is 30.4 Å². The molecule has 2 aliphatic carbocycles. The number of hydrogen-bond donors (Lipinski definition) is 0. The van der Waals surface area contributed by atoms with E-state index in [4.69, 9.17) is 9.47 Å². The topological polar surface area (TPSA) is 55.8 Å². The van der Waals surface area contributed by atoms with Gasteiger partial charge in [0, 0.05) is 17.4 Å². The first kappa shape index (κ1) is 27.4. The summed E-state index contributed by atoms with van der Waals surface area (Å²) in [5, 5.41) is 0. The molecule has 5 nitrogen and oxygen atoms in total. The number of methoxy groups -OCH3 is 1. The summed E-state index contributed by atoms with van der Waals surface area (Å²) >= 11 is 1.31. The zero-order chi connectivity index (χ0) is 26.6. The smallest absolute Gasteiger partial charge is 0.350 e. The van der Waals surface area contributed by atoms with Gasteiger partial charge in [-0.3, -0.25) is 4.79 Å². The molecule has 1 amide bonds. The van der Waals surface area contributed by atoms with Gasteiger partial charge < -0.3 is 14.4 Å². The van der Waals surface area contributed by atoms with Crippen LogP contribution in [0.2, 0.25) is 0 Å². The summed E-state index contributed by atoms with van der Waals surface area (Å²) in [4.78, 5) is 30.0. The molecule has 0 spiro atoms. The van der Waals surface area contributed by atoms with Crippen LogP contribution in [0.1, 0.15) is 86.3 Å². The van der Waals surface area contributed by atoms with E-state index in [-0.39, 0.29) is 29.4 Å². The van der Waals surface area contributed by atoms with Crippen LogP contribution in [0.5, 0.6) is 0 Å². The minimum absolute atomic E-state index is 0.00550. The molecule has 6 heteroatoms. The molecule has 0 saturated heterocycles. The predicted molar refractivity (Wildman–Crippen MR) is 149 cm³/mol. The maximum absolute atomic E-state index is 14.0. The summed E-state index contributed by atoms with van der Waals surface area (Å²) in [7, 11) is 1.39. The maximum Gasteiger partial charge on any atom is 0.350 e. The number of benzene rings is 1. The van der Waals surface area contributed by atoms with Gasteiger partial charge in [-0.15, -0.1) is 11.3 Å². The number of carbonyl (C=O) groups is 2. The number of anilines is 1. The molecule has 2 aliphatic rings. The van der Waals surface area contributed by atoms with E-state index < -0.39 is 5.97 Å². The van der Waals surface area contributed by atoms with Crippen LogP contribution in [-0.4, -0.2) is 31.1 Å². The number of amides is 1. The predicted octanol–water partition coefficient (Wildman–Crippen LogP) is 6.84. The molecular formula is C31H39NO4S. The molecular weight excluding hydrogens is 482 g/mol. The van der Waals surface area contributed by atoms with Gasteiger partial charge in [-0.1, -0.05) is 49.1 Å². The molecule has 0 N–H and O–H groups in total. The largest absolute Gasteiger partial charge is 0.465 e. The Bertz CT molecular complexity index is 1140. The molecule has 0 aliphatic heterocycles. The molecule has 0 atom stereocenters. The van der Waals surface area contributed by atoms with Gasteiger partial charge in [0.1, 0.15) is 4.88 Å². The summed E-state index contributed by atoms with van der Waals surface area (Å²) in [5.41, 5.74) is 1.62. The molecule has 1 heterocycles. The summed E-state index contributed by atoms with van der Waals surface area (Å²) < 4.78 is 11.3. The number of esters is 1. The Morgan fingerprint density at radius 1 is 1.08 bits per heavy atom. The first-order valence-corrected chi connectivity index (χ1v) is 14.2. The molecule has 37 heavy (non-hydrogen) atoms. The van der Waals surface area contributed by atoms with Crippen LogP contribution in [0.4, 0.5) is 5.69 Å². The van der Waals surface area contributed by atoms with Crippen molar-refractivity contribution in [2.24, 2.45) is 17.3 Å². The molecule has 198 valence electrons.